The topological polar surface area (TPSA) is 63.3 Å². The van der Waals surface area contributed by atoms with Crippen molar-refractivity contribution in [3.05, 3.63) is 95.9 Å². The van der Waals surface area contributed by atoms with Gasteiger partial charge in [-0.25, -0.2) is 0 Å². The maximum atomic E-state index is 11.7. The molecule has 0 aliphatic heterocycles. The Morgan fingerprint density at radius 3 is 2.21 bits per heavy atom. The number of carbonyl (C=O) groups is 1. The molecule has 0 saturated carbocycles. The predicted octanol–water partition coefficient (Wildman–Crippen LogP) is 13.3. The molecule has 0 unspecified atom stereocenters. The molecule has 0 aliphatic rings. The van der Waals surface area contributed by atoms with Crippen LogP contribution in [0.2, 0.25) is 19.6 Å². The first-order valence-corrected chi connectivity index (χ1v) is 23.3. The van der Waals surface area contributed by atoms with Crippen LogP contribution in [0, 0.1) is 24.8 Å². The van der Waals surface area contributed by atoms with E-state index < -0.39 is 8.07 Å². The number of rotatable bonds is 10. The number of fused-ring (bicyclic) bond motifs is 3. The van der Waals surface area contributed by atoms with Gasteiger partial charge in [-0.2, -0.15) is 0 Å². The molecule has 3 aromatic carbocycles. The Balaban J connectivity index is 0.000000335. The molecular formula is C46H56IrNO3SSi-. The quantitative estimate of drug-likeness (QED) is 0.0643. The van der Waals surface area contributed by atoms with Crippen LogP contribution >= 0.6 is 11.3 Å². The van der Waals surface area contributed by atoms with Gasteiger partial charge < -0.3 is 9.52 Å². The van der Waals surface area contributed by atoms with Crippen molar-refractivity contribution in [2.75, 3.05) is 0 Å². The summed E-state index contributed by atoms with van der Waals surface area (Å²) in [5, 5.41) is 16.0. The van der Waals surface area contributed by atoms with Gasteiger partial charge >= 0.3 is 0 Å². The molecule has 1 radical (unpaired) electrons. The molecule has 0 bridgehead atoms. The van der Waals surface area contributed by atoms with E-state index >= 15 is 0 Å². The average molecular weight is 923 g/mol. The minimum Gasteiger partial charge on any atom is -0.512 e. The molecule has 0 saturated heterocycles. The summed E-state index contributed by atoms with van der Waals surface area (Å²) in [5.41, 5.74) is 5.55. The van der Waals surface area contributed by atoms with E-state index in [0.717, 1.165) is 58.5 Å². The van der Waals surface area contributed by atoms with Crippen LogP contribution in [0.3, 0.4) is 0 Å². The second kappa shape index (κ2) is 17.4. The summed E-state index contributed by atoms with van der Waals surface area (Å²) in [5.74, 6) is 1.51. The molecule has 6 aromatic rings. The van der Waals surface area contributed by atoms with Gasteiger partial charge in [-0.3, -0.25) is 9.78 Å². The third-order valence-electron chi connectivity index (χ3n) is 10.4. The number of nitrogens with zero attached hydrogens (tertiary/aromatic N) is 1. The van der Waals surface area contributed by atoms with Crippen molar-refractivity contribution < 1.29 is 34.4 Å². The molecule has 0 atom stereocenters. The molecule has 3 heterocycles. The van der Waals surface area contributed by atoms with Gasteiger partial charge in [-0.05, 0) is 61.6 Å². The summed E-state index contributed by atoms with van der Waals surface area (Å²) in [4.78, 5) is 17.7. The van der Waals surface area contributed by atoms with E-state index in [0.29, 0.717) is 0 Å². The zero-order chi connectivity index (χ0) is 38.0. The van der Waals surface area contributed by atoms with Crippen molar-refractivity contribution in [3.8, 4) is 21.9 Å². The fourth-order valence-corrected chi connectivity index (χ4v) is 9.30. The van der Waals surface area contributed by atoms with Crippen LogP contribution in [0.15, 0.2) is 83.1 Å². The summed E-state index contributed by atoms with van der Waals surface area (Å²) in [7, 11) is -1.42. The van der Waals surface area contributed by atoms with Gasteiger partial charge in [0.25, 0.3) is 0 Å². The molecule has 7 heteroatoms. The molecule has 53 heavy (non-hydrogen) atoms. The predicted molar refractivity (Wildman–Crippen MR) is 227 cm³/mol. The van der Waals surface area contributed by atoms with Crippen molar-refractivity contribution >= 4 is 62.2 Å². The zero-order valence-electron chi connectivity index (χ0n) is 33.4. The van der Waals surface area contributed by atoms with Gasteiger partial charge in [0, 0.05) is 65.6 Å². The number of pyridine rings is 1. The molecule has 6 rings (SSSR count). The minimum atomic E-state index is -1.42. The number of hydrogen-bond donors (Lipinski definition) is 1. The van der Waals surface area contributed by atoms with Crippen molar-refractivity contribution in [2.45, 2.75) is 106 Å². The second-order valence-electron chi connectivity index (χ2n) is 16.1. The van der Waals surface area contributed by atoms with Gasteiger partial charge in [0.05, 0.1) is 18.7 Å². The molecule has 3 aromatic heterocycles. The monoisotopic (exact) mass is 923 g/mol. The van der Waals surface area contributed by atoms with Gasteiger partial charge in [-0.1, -0.05) is 115 Å². The van der Waals surface area contributed by atoms with Crippen molar-refractivity contribution in [1.29, 1.82) is 0 Å². The van der Waals surface area contributed by atoms with Gasteiger partial charge in [0.1, 0.15) is 11.3 Å². The molecule has 0 aliphatic carbocycles. The average Bonchev–Trinajstić information content (AvgIpc) is 3.69. The van der Waals surface area contributed by atoms with Gasteiger partial charge in [-0.15, -0.1) is 40.5 Å². The van der Waals surface area contributed by atoms with E-state index in [4.69, 9.17) is 9.40 Å². The number of carbonyl (C=O) groups excluding carboxylic acids is 1. The van der Waals surface area contributed by atoms with E-state index in [1.165, 1.54) is 43.2 Å². The molecule has 4 nitrogen and oxygen atoms in total. The SMILES string of the molecule is CCC(CC)C(=O)/C=C(\O)C(CC)CC.Cc1c(-c2cc3ccnc(-c4[c-]c5ccccc5c(C(C)(C)C)c4)c3s2)oc2cc([Si](C)(C)C)ccc12.[Ir]. The Bertz CT molecular complexity index is 2230. The number of thiophene rings is 1. The molecule has 1 N–H and O–H groups in total. The second-order valence-corrected chi connectivity index (χ2v) is 22.2. The Hall–Kier alpha value is -3.35. The number of aromatic nitrogens is 1. The van der Waals surface area contributed by atoms with Crippen LogP contribution in [0.1, 0.15) is 85.3 Å². The van der Waals surface area contributed by atoms with E-state index in [-0.39, 0.29) is 48.9 Å². The maximum Gasteiger partial charge on any atom is 0.162 e. The zero-order valence-corrected chi connectivity index (χ0v) is 37.6. The third-order valence-corrected chi connectivity index (χ3v) is 13.6. The fourth-order valence-electron chi connectivity index (χ4n) is 6.95. The summed E-state index contributed by atoms with van der Waals surface area (Å²) < 4.78 is 7.69. The summed E-state index contributed by atoms with van der Waals surface area (Å²) in [6.07, 6.45) is 6.82. The first-order valence-electron chi connectivity index (χ1n) is 18.9. The van der Waals surface area contributed by atoms with Crippen molar-refractivity contribution in [2.24, 2.45) is 11.8 Å². The number of allylic oxidation sites excluding steroid dienone is 2. The molecular weight excluding hydrogens is 867 g/mol. The standard InChI is InChI=1S/C33H32NOSSi.C13H24O2.Ir/c1-20-25-13-12-24(37(5,6)7)19-28(25)35-31(20)29-18-22-14-15-34-30(32(22)36-29)23-16-21-10-8-9-11-26(21)27(17-23)33(2,3)4;1-5-10(6-2)12(14)9-13(15)11(7-3)8-4;/h8-15,17-19H,1-7H3;9-11,14H,5-8H2,1-4H3;/q-1;;/b;12-9-;. The maximum absolute atomic E-state index is 11.7. The number of furan rings is 1. The van der Waals surface area contributed by atoms with Crippen molar-refractivity contribution in [1.82, 2.24) is 4.98 Å². The summed E-state index contributed by atoms with van der Waals surface area (Å²) in [6, 6.07) is 25.7. The fraction of sp³-hybridized carbons (Fsp3) is 0.391. The Morgan fingerprint density at radius 2 is 1.58 bits per heavy atom. The summed E-state index contributed by atoms with van der Waals surface area (Å²) >= 11 is 1.76. The van der Waals surface area contributed by atoms with Crippen LogP contribution in [-0.2, 0) is 30.3 Å². The van der Waals surface area contributed by atoms with Crippen LogP contribution in [0.5, 0.6) is 0 Å². The van der Waals surface area contributed by atoms with E-state index in [1.54, 1.807) is 11.3 Å². The Labute approximate surface area is 335 Å². The minimum absolute atomic E-state index is 0. The van der Waals surface area contributed by atoms with E-state index in [1.807, 2.05) is 33.9 Å². The number of benzene rings is 3. The Kier molecular flexibility index (Phi) is 13.9. The number of aliphatic hydroxyl groups is 1. The van der Waals surface area contributed by atoms with E-state index in [9.17, 15) is 9.90 Å². The third kappa shape index (κ3) is 9.31. The first kappa shape index (κ1) is 42.4. The molecule has 0 fully saturated rings. The number of hydrogen-bond acceptors (Lipinski definition) is 5. The smallest absolute Gasteiger partial charge is 0.162 e. The molecule has 283 valence electrons. The van der Waals surface area contributed by atoms with Crippen LogP contribution in [0.25, 0.3) is 53.7 Å². The molecule has 0 amide bonds. The number of aryl methyl sites for hydroxylation is 1. The van der Waals surface area contributed by atoms with Gasteiger partial charge in [0.2, 0.25) is 0 Å². The number of ketones is 1. The largest absolute Gasteiger partial charge is 0.512 e. The summed E-state index contributed by atoms with van der Waals surface area (Å²) in [6.45, 7) is 24.2. The first-order chi connectivity index (χ1) is 24.6. The molecule has 0 spiro atoms. The van der Waals surface area contributed by atoms with Crippen LogP contribution < -0.4 is 5.19 Å². The van der Waals surface area contributed by atoms with E-state index in [2.05, 4.69) is 114 Å². The number of aliphatic hydroxyl groups excluding tert-OH is 1. The Morgan fingerprint density at radius 1 is 0.925 bits per heavy atom. The van der Waals surface area contributed by atoms with Gasteiger partial charge in [0.15, 0.2) is 5.78 Å². The van der Waals surface area contributed by atoms with Crippen molar-refractivity contribution in [3.63, 3.8) is 0 Å². The van der Waals surface area contributed by atoms with Crippen LogP contribution in [-0.4, -0.2) is 23.9 Å². The van der Waals surface area contributed by atoms with Crippen LogP contribution in [0.4, 0.5) is 0 Å². The normalized spacial score (nSPS) is 12.4.